The Kier molecular flexibility index (Phi) is 6.48. The molecule has 0 fully saturated rings. The molecule has 0 spiro atoms. The molecule has 0 bridgehead atoms. The Balaban J connectivity index is 1.63. The number of hydrogen-bond acceptors (Lipinski definition) is 3. The lowest BCUT2D eigenvalue weighted by atomic mass is 10.1. The number of aromatic nitrogens is 2. The third-order valence-electron chi connectivity index (χ3n) is 4.31. The SMILES string of the molecule is O=C(CCc1cccnc1)N(CCc1ccccc1)Cc1cccnc1. The maximum absolute atomic E-state index is 12.8. The highest BCUT2D eigenvalue weighted by atomic mass is 16.2. The van der Waals surface area contributed by atoms with Gasteiger partial charge in [0.05, 0.1) is 0 Å². The van der Waals surface area contributed by atoms with E-state index in [1.165, 1.54) is 5.56 Å². The molecule has 0 radical (unpaired) electrons. The van der Waals surface area contributed by atoms with Gasteiger partial charge < -0.3 is 4.90 Å². The Morgan fingerprint density at radius 3 is 2.08 bits per heavy atom. The molecule has 4 nitrogen and oxygen atoms in total. The quantitative estimate of drug-likeness (QED) is 0.626. The van der Waals surface area contributed by atoms with Crippen molar-refractivity contribution in [1.82, 2.24) is 14.9 Å². The average molecular weight is 345 g/mol. The minimum atomic E-state index is 0.161. The molecule has 0 atom stereocenters. The van der Waals surface area contributed by atoms with Crippen LogP contribution in [-0.2, 0) is 24.2 Å². The molecule has 3 rings (SSSR count). The Labute approximate surface area is 154 Å². The third-order valence-corrected chi connectivity index (χ3v) is 4.31. The van der Waals surface area contributed by atoms with E-state index in [1.54, 1.807) is 12.4 Å². The smallest absolute Gasteiger partial charge is 0.223 e. The highest BCUT2D eigenvalue weighted by Crippen LogP contribution is 2.10. The topological polar surface area (TPSA) is 46.1 Å². The first-order chi connectivity index (χ1) is 12.8. The summed E-state index contributed by atoms with van der Waals surface area (Å²) in [5.41, 5.74) is 3.38. The van der Waals surface area contributed by atoms with Gasteiger partial charge in [-0.15, -0.1) is 0 Å². The second-order valence-electron chi connectivity index (χ2n) is 6.27. The zero-order valence-corrected chi connectivity index (χ0v) is 14.8. The van der Waals surface area contributed by atoms with Crippen molar-refractivity contribution in [3.05, 3.63) is 96.1 Å². The summed E-state index contributed by atoms with van der Waals surface area (Å²) in [6.45, 7) is 1.29. The highest BCUT2D eigenvalue weighted by Gasteiger charge is 2.14. The molecule has 0 unspecified atom stereocenters. The van der Waals surface area contributed by atoms with Crippen LogP contribution in [0.4, 0.5) is 0 Å². The number of carbonyl (C=O) groups is 1. The van der Waals surface area contributed by atoms with Gasteiger partial charge in [-0.05, 0) is 41.7 Å². The van der Waals surface area contributed by atoms with Crippen LogP contribution in [0.25, 0.3) is 0 Å². The fourth-order valence-corrected chi connectivity index (χ4v) is 2.87. The molecular formula is C22H23N3O. The largest absolute Gasteiger partial charge is 0.338 e. The van der Waals surface area contributed by atoms with Gasteiger partial charge in [0, 0.05) is 44.3 Å². The van der Waals surface area contributed by atoms with Crippen molar-refractivity contribution in [3.8, 4) is 0 Å². The van der Waals surface area contributed by atoms with E-state index in [-0.39, 0.29) is 5.91 Å². The van der Waals surface area contributed by atoms with Crippen molar-refractivity contribution in [2.24, 2.45) is 0 Å². The van der Waals surface area contributed by atoms with E-state index >= 15 is 0 Å². The maximum atomic E-state index is 12.8. The van der Waals surface area contributed by atoms with Gasteiger partial charge in [0.25, 0.3) is 0 Å². The Bertz CT molecular complexity index is 791. The van der Waals surface area contributed by atoms with E-state index in [4.69, 9.17) is 0 Å². The van der Waals surface area contributed by atoms with Crippen LogP contribution in [0.15, 0.2) is 79.4 Å². The van der Waals surface area contributed by atoms with E-state index in [2.05, 4.69) is 22.1 Å². The van der Waals surface area contributed by atoms with E-state index in [0.717, 1.165) is 17.5 Å². The molecule has 0 saturated heterocycles. The van der Waals surface area contributed by atoms with Gasteiger partial charge in [0.15, 0.2) is 0 Å². The van der Waals surface area contributed by atoms with Crippen LogP contribution < -0.4 is 0 Å². The summed E-state index contributed by atoms with van der Waals surface area (Å²) in [4.78, 5) is 23.0. The van der Waals surface area contributed by atoms with Crippen molar-refractivity contribution in [2.45, 2.75) is 25.8 Å². The Morgan fingerprint density at radius 2 is 1.42 bits per heavy atom. The number of rotatable bonds is 8. The summed E-state index contributed by atoms with van der Waals surface area (Å²) in [5.74, 6) is 0.161. The predicted octanol–water partition coefficient (Wildman–Crippen LogP) is 3.68. The molecule has 2 heterocycles. The van der Waals surface area contributed by atoms with Crippen LogP contribution in [0, 0.1) is 0 Å². The fourth-order valence-electron chi connectivity index (χ4n) is 2.87. The van der Waals surface area contributed by atoms with Crippen molar-refractivity contribution in [3.63, 3.8) is 0 Å². The van der Waals surface area contributed by atoms with E-state index in [1.807, 2.05) is 59.8 Å². The molecule has 1 aromatic carbocycles. The number of aryl methyl sites for hydroxylation is 1. The monoisotopic (exact) mass is 345 g/mol. The summed E-state index contributed by atoms with van der Waals surface area (Å²) in [7, 11) is 0. The lowest BCUT2D eigenvalue weighted by Crippen LogP contribution is -2.32. The second-order valence-corrected chi connectivity index (χ2v) is 6.27. The van der Waals surface area contributed by atoms with Crippen LogP contribution >= 0.6 is 0 Å². The molecule has 0 aliphatic rings. The molecule has 2 aromatic heterocycles. The van der Waals surface area contributed by atoms with Crippen molar-refractivity contribution in [2.75, 3.05) is 6.54 Å². The van der Waals surface area contributed by atoms with E-state index in [0.29, 0.717) is 25.9 Å². The molecular weight excluding hydrogens is 322 g/mol. The molecule has 1 amide bonds. The Hall–Kier alpha value is -3.01. The molecule has 0 saturated carbocycles. The van der Waals surface area contributed by atoms with Gasteiger partial charge in [0.1, 0.15) is 0 Å². The molecule has 132 valence electrons. The van der Waals surface area contributed by atoms with Crippen LogP contribution in [0.3, 0.4) is 0 Å². The van der Waals surface area contributed by atoms with Crippen molar-refractivity contribution < 1.29 is 4.79 Å². The summed E-state index contributed by atoms with van der Waals surface area (Å²) in [5, 5.41) is 0. The molecule has 26 heavy (non-hydrogen) atoms. The first-order valence-electron chi connectivity index (χ1n) is 8.91. The second kappa shape index (κ2) is 9.47. The lowest BCUT2D eigenvalue weighted by Gasteiger charge is -2.23. The normalized spacial score (nSPS) is 10.5. The Morgan fingerprint density at radius 1 is 0.769 bits per heavy atom. The maximum Gasteiger partial charge on any atom is 0.223 e. The zero-order chi connectivity index (χ0) is 18.0. The number of carbonyl (C=O) groups excluding carboxylic acids is 1. The summed E-state index contributed by atoms with van der Waals surface area (Å²) in [6.07, 6.45) is 9.19. The van der Waals surface area contributed by atoms with Crippen LogP contribution in [0.2, 0.25) is 0 Å². The molecule has 3 aromatic rings. The van der Waals surface area contributed by atoms with Gasteiger partial charge in [0.2, 0.25) is 5.91 Å². The predicted molar refractivity (Wildman–Crippen MR) is 102 cm³/mol. The van der Waals surface area contributed by atoms with Crippen LogP contribution in [0.5, 0.6) is 0 Å². The number of amides is 1. The number of nitrogens with zero attached hydrogens (tertiary/aromatic N) is 3. The molecule has 4 heteroatoms. The van der Waals surface area contributed by atoms with Crippen molar-refractivity contribution >= 4 is 5.91 Å². The number of pyridine rings is 2. The number of benzene rings is 1. The fraction of sp³-hybridized carbons (Fsp3) is 0.227. The summed E-state index contributed by atoms with van der Waals surface area (Å²) < 4.78 is 0. The van der Waals surface area contributed by atoms with Crippen LogP contribution in [-0.4, -0.2) is 27.3 Å². The molecule has 0 N–H and O–H groups in total. The van der Waals surface area contributed by atoms with Gasteiger partial charge in [-0.25, -0.2) is 0 Å². The average Bonchev–Trinajstić information content (AvgIpc) is 2.71. The minimum absolute atomic E-state index is 0.161. The number of hydrogen-bond donors (Lipinski definition) is 0. The standard InChI is InChI=1S/C22H23N3O/c26-22(11-10-20-8-4-13-23-16-20)25(18-21-9-5-14-24-17-21)15-12-19-6-2-1-3-7-19/h1-9,13-14,16-17H,10-12,15,18H2. The van der Waals surface area contributed by atoms with E-state index in [9.17, 15) is 4.79 Å². The van der Waals surface area contributed by atoms with Gasteiger partial charge >= 0.3 is 0 Å². The first-order valence-corrected chi connectivity index (χ1v) is 8.91. The third kappa shape index (κ3) is 5.52. The highest BCUT2D eigenvalue weighted by molar-refractivity contribution is 5.76. The van der Waals surface area contributed by atoms with Gasteiger partial charge in [-0.2, -0.15) is 0 Å². The zero-order valence-electron chi connectivity index (χ0n) is 14.8. The van der Waals surface area contributed by atoms with Gasteiger partial charge in [-0.3, -0.25) is 14.8 Å². The summed E-state index contributed by atoms with van der Waals surface area (Å²) in [6, 6.07) is 18.1. The van der Waals surface area contributed by atoms with Crippen molar-refractivity contribution in [1.29, 1.82) is 0 Å². The van der Waals surface area contributed by atoms with Crippen LogP contribution in [0.1, 0.15) is 23.1 Å². The first kappa shape index (κ1) is 17.8. The summed E-state index contributed by atoms with van der Waals surface area (Å²) >= 11 is 0. The van der Waals surface area contributed by atoms with Gasteiger partial charge in [-0.1, -0.05) is 42.5 Å². The molecule has 0 aliphatic carbocycles. The van der Waals surface area contributed by atoms with E-state index < -0.39 is 0 Å². The molecule has 0 aliphatic heterocycles. The minimum Gasteiger partial charge on any atom is -0.338 e. The lowest BCUT2D eigenvalue weighted by molar-refractivity contribution is -0.131.